The topological polar surface area (TPSA) is 431 Å². The van der Waals surface area contributed by atoms with Crippen LogP contribution in [0.1, 0.15) is 24.0 Å². The molecule has 0 aliphatic rings. The molecular formula is C38H53N9O16. The molecule has 25 nitrogen and oxygen atoms in total. The summed E-state index contributed by atoms with van der Waals surface area (Å²) in [4.78, 5) is 114. The van der Waals surface area contributed by atoms with Crippen molar-refractivity contribution in [3.8, 4) is 5.75 Å². The van der Waals surface area contributed by atoms with Gasteiger partial charge in [-0.2, -0.15) is 0 Å². The number of benzene rings is 2. The minimum Gasteiger partial charge on any atom is -0.508 e. The fourth-order valence-corrected chi connectivity index (χ4v) is 5.46. The Hall–Kier alpha value is -6.77. The van der Waals surface area contributed by atoms with Gasteiger partial charge in [-0.05, 0) is 36.1 Å². The number of carbonyl (C=O) groups is 9. The van der Waals surface area contributed by atoms with E-state index in [0.29, 0.717) is 11.1 Å². The van der Waals surface area contributed by atoms with Crippen LogP contribution in [0.5, 0.6) is 5.75 Å². The summed E-state index contributed by atoms with van der Waals surface area (Å²) in [6, 6.07) is 0.404. The molecule has 0 bridgehead atoms. The fourth-order valence-electron chi connectivity index (χ4n) is 5.46. The zero-order valence-electron chi connectivity index (χ0n) is 33.6. The van der Waals surface area contributed by atoms with E-state index in [0.717, 1.165) is 0 Å². The van der Waals surface area contributed by atoms with Crippen molar-refractivity contribution in [2.75, 3.05) is 33.0 Å². The first-order valence-electron chi connectivity index (χ1n) is 19.1. The lowest BCUT2D eigenvalue weighted by Gasteiger charge is -2.26. The van der Waals surface area contributed by atoms with Crippen LogP contribution in [-0.4, -0.2) is 170 Å². The molecule has 18 N–H and O–H groups in total. The molecule has 2 aromatic carbocycles. The van der Waals surface area contributed by atoms with Crippen LogP contribution in [0.15, 0.2) is 54.6 Å². The Morgan fingerprint density at radius 3 is 1.16 bits per heavy atom. The SMILES string of the molecule is NC(=O)CC[C@H](NC(=O)[C@H](Cc1ccc(O)cc1)NC(=O)[C@H](CO)NC(=O)[C@H](CO)NC(=O)[C@H](CO)NC(=O)[C@H](CO)NC(=O)[C@H](CO)NC(=O)[C@@H](N)Cc1ccccc1)C(=O)O. The number of hydrogen-bond donors (Lipinski definition) is 16. The third-order valence-corrected chi connectivity index (χ3v) is 9.02. The number of phenolic OH excluding ortho intramolecular Hbond substituents is 1. The molecule has 0 aromatic heterocycles. The van der Waals surface area contributed by atoms with Crippen LogP contribution in [0.3, 0.4) is 0 Å². The molecule has 8 amide bonds. The molecule has 25 heteroatoms. The van der Waals surface area contributed by atoms with Gasteiger partial charge in [-0.15, -0.1) is 0 Å². The number of aromatic hydroxyl groups is 1. The van der Waals surface area contributed by atoms with Crippen molar-refractivity contribution in [2.45, 2.75) is 74.0 Å². The maximum atomic E-state index is 13.3. The highest BCUT2D eigenvalue weighted by atomic mass is 16.4. The summed E-state index contributed by atoms with van der Waals surface area (Å²) in [5.74, 6) is -10.7. The van der Waals surface area contributed by atoms with Crippen molar-refractivity contribution in [1.82, 2.24) is 37.2 Å². The van der Waals surface area contributed by atoms with Crippen LogP contribution >= 0.6 is 0 Å². The molecule has 0 aliphatic heterocycles. The minimum absolute atomic E-state index is 0.0823. The van der Waals surface area contributed by atoms with Crippen LogP contribution in [0.4, 0.5) is 0 Å². The monoisotopic (exact) mass is 891 g/mol. The van der Waals surface area contributed by atoms with E-state index < -0.39 is 147 Å². The Kier molecular flexibility index (Phi) is 22.1. The van der Waals surface area contributed by atoms with Gasteiger partial charge in [-0.3, -0.25) is 38.4 Å². The Morgan fingerprint density at radius 2 is 0.794 bits per heavy atom. The molecule has 0 saturated heterocycles. The lowest BCUT2D eigenvalue weighted by Crippen LogP contribution is -2.62. The van der Waals surface area contributed by atoms with Gasteiger partial charge < -0.3 is 84.4 Å². The third-order valence-electron chi connectivity index (χ3n) is 9.02. The van der Waals surface area contributed by atoms with Crippen LogP contribution in [0.2, 0.25) is 0 Å². The van der Waals surface area contributed by atoms with Crippen molar-refractivity contribution in [1.29, 1.82) is 0 Å². The van der Waals surface area contributed by atoms with E-state index in [1.807, 2.05) is 10.6 Å². The normalized spacial score (nSPS) is 14.7. The highest BCUT2D eigenvalue weighted by molar-refractivity contribution is 5.97. The van der Waals surface area contributed by atoms with Crippen LogP contribution in [-0.2, 0) is 56.0 Å². The number of hydrogen-bond acceptors (Lipinski definition) is 16. The van der Waals surface area contributed by atoms with Gasteiger partial charge in [0.05, 0.1) is 39.1 Å². The van der Waals surface area contributed by atoms with Crippen molar-refractivity contribution in [2.24, 2.45) is 11.5 Å². The van der Waals surface area contributed by atoms with Gasteiger partial charge in [0, 0.05) is 12.8 Å². The van der Waals surface area contributed by atoms with E-state index in [-0.39, 0.29) is 18.6 Å². The first-order chi connectivity index (χ1) is 29.9. The second-order valence-corrected chi connectivity index (χ2v) is 13.9. The van der Waals surface area contributed by atoms with E-state index in [1.54, 1.807) is 30.3 Å². The quantitative estimate of drug-likeness (QED) is 0.0396. The van der Waals surface area contributed by atoms with Crippen LogP contribution in [0.25, 0.3) is 0 Å². The molecule has 63 heavy (non-hydrogen) atoms. The van der Waals surface area contributed by atoms with E-state index in [9.17, 15) is 78.9 Å². The average molecular weight is 892 g/mol. The van der Waals surface area contributed by atoms with Gasteiger partial charge >= 0.3 is 5.97 Å². The third kappa shape index (κ3) is 17.6. The molecule has 8 atom stereocenters. The highest BCUT2D eigenvalue weighted by Crippen LogP contribution is 2.12. The predicted octanol–water partition coefficient (Wildman–Crippen LogP) is -7.79. The van der Waals surface area contributed by atoms with Crippen LogP contribution < -0.4 is 48.7 Å². The lowest BCUT2D eigenvalue weighted by atomic mass is 10.0. The summed E-state index contributed by atoms with van der Waals surface area (Å²) in [7, 11) is 0. The minimum atomic E-state index is -1.92. The average Bonchev–Trinajstić information content (AvgIpc) is 3.26. The van der Waals surface area contributed by atoms with Crippen molar-refractivity contribution < 1.29 is 78.9 Å². The van der Waals surface area contributed by atoms with Gasteiger partial charge in [0.1, 0.15) is 48.0 Å². The Labute approximate surface area is 359 Å². The van der Waals surface area contributed by atoms with Crippen LogP contribution in [0, 0.1) is 0 Å². The molecule has 346 valence electrons. The van der Waals surface area contributed by atoms with E-state index >= 15 is 0 Å². The van der Waals surface area contributed by atoms with Gasteiger partial charge in [0.15, 0.2) is 0 Å². The van der Waals surface area contributed by atoms with Gasteiger partial charge in [-0.1, -0.05) is 42.5 Å². The second kappa shape index (κ2) is 26.5. The number of amides is 8. The summed E-state index contributed by atoms with van der Waals surface area (Å²) >= 11 is 0. The van der Waals surface area contributed by atoms with Crippen molar-refractivity contribution in [3.05, 3.63) is 65.7 Å². The molecule has 0 aliphatic carbocycles. The standard InChI is InChI=1S/C38H53N9O16/c39-22(12-19-4-2-1-3-5-19)31(55)43-25(14-48)34(58)45-27(16-50)36(60)47-29(18-52)37(61)46-28(17-51)35(59)44-26(15-49)33(57)42-24(13-20-6-8-21(53)9-7-20)32(56)41-23(38(62)63)10-11-30(40)54/h1-9,22-29,48-53H,10-18,39H2,(H2,40,54)(H,41,56)(H,42,57)(H,43,55)(H,44,59)(H,45,58)(H,46,61)(H,47,60)(H,62,63)/t22-,23-,24-,25-,26-,27-,28-,29-/m0/s1. The summed E-state index contributed by atoms with van der Waals surface area (Å²) in [5, 5.41) is 83.3. The number of phenols is 1. The van der Waals surface area contributed by atoms with E-state index in [4.69, 9.17) is 11.5 Å². The van der Waals surface area contributed by atoms with Gasteiger partial charge in [-0.25, -0.2) is 4.79 Å². The molecule has 0 radical (unpaired) electrons. The number of aliphatic hydroxyl groups is 5. The molecular weight excluding hydrogens is 838 g/mol. The second-order valence-electron chi connectivity index (χ2n) is 13.9. The number of primary amides is 1. The fraction of sp³-hybridized carbons (Fsp3) is 0.447. The molecule has 0 saturated carbocycles. The summed E-state index contributed by atoms with van der Waals surface area (Å²) in [6.07, 6.45) is -1.06. The molecule has 2 aromatic rings. The number of carboxylic acid groups (broad SMARTS) is 1. The van der Waals surface area contributed by atoms with Gasteiger partial charge in [0.25, 0.3) is 0 Å². The maximum Gasteiger partial charge on any atom is 0.326 e. The smallest absolute Gasteiger partial charge is 0.326 e. The highest BCUT2D eigenvalue weighted by Gasteiger charge is 2.34. The summed E-state index contributed by atoms with van der Waals surface area (Å²) in [6.45, 7) is -5.47. The number of aliphatic carboxylic acids is 1. The zero-order valence-corrected chi connectivity index (χ0v) is 33.6. The van der Waals surface area contributed by atoms with Gasteiger partial charge in [0.2, 0.25) is 47.3 Å². The number of nitrogens with two attached hydrogens (primary N) is 2. The molecule has 0 heterocycles. The van der Waals surface area contributed by atoms with E-state index in [2.05, 4.69) is 26.6 Å². The molecule has 0 fully saturated rings. The first-order valence-corrected chi connectivity index (χ1v) is 19.1. The Morgan fingerprint density at radius 1 is 0.460 bits per heavy atom. The van der Waals surface area contributed by atoms with Crippen molar-refractivity contribution in [3.63, 3.8) is 0 Å². The first kappa shape index (κ1) is 52.4. The van der Waals surface area contributed by atoms with Crippen molar-refractivity contribution >= 4 is 53.2 Å². The predicted molar refractivity (Wildman–Crippen MR) is 215 cm³/mol. The Bertz CT molecular complexity index is 1890. The zero-order chi connectivity index (χ0) is 47.2. The largest absolute Gasteiger partial charge is 0.508 e. The molecule has 2 rings (SSSR count). The summed E-state index contributed by atoms with van der Waals surface area (Å²) < 4.78 is 0. The lowest BCUT2D eigenvalue weighted by molar-refractivity contribution is -0.142. The Balaban J connectivity index is 2.09. The number of nitrogens with one attached hydrogen (secondary N) is 7. The van der Waals surface area contributed by atoms with E-state index in [1.165, 1.54) is 24.3 Å². The maximum absolute atomic E-state index is 13.3. The number of aliphatic hydroxyl groups excluding tert-OH is 5. The molecule has 0 unspecified atom stereocenters. The number of carbonyl (C=O) groups excluding carboxylic acids is 8. The summed E-state index contributed by atoms with van der Waals surface area (Å²) in [5.41, 5.74) is 12.1. The number of rotatable bonds is 27. The number of carboxylic acids is 1. The molecule has 0 spiro atoms.